The Balaban J connectivity index is 2.86. The largest absolute Gasteiger partial charge is 0.383 e. The Bertz CT molecular complexity index is 185. The second-order valence-electron chi connectivity index (χ2n) is 2.67. The van der Waals surface area contributed by atoms with Gasteiger partial charge >= 0.3 is 0 Å². The summed E-state index contributed by atoms with van der Waals surface area (Å²) in [6.07, 6.45) is -4.41. The van der Waals surface area contributed by atoms with Crippen LogP contribution in [-0.2, 0) is 4.74 Å². The highest BCUT2D eigenvalue weighted by Gasteiger charge is 2.57. The van der Waals surface area contributed by atoms with Gasteiger partial charge in [0.15, 0.2) is 11.0 Å². The van der Waals surface area contributed by atoms with Gasteiger partial charge in [0.05, 0.1) is 6.61 Å². The predicted molar refractivity (Wildman–Crippen MR) is 38.0 cm³/mol. The highest BCUT2D eigenvalue weighted by Crippen LogP contribution is 2.34. The molecule has 72 valence electrons. The van der Waals surface area contributed by atoms with Gasteiger partial charge in [0, 0.05) is 0 Å². The molecule has 0 radical (unpaired) electrons. The molecule has 1 aliphatic rings. The van der Waals surface area contributed by atoms with Crippen LogP contribution in [0.3, 0.4) is 0 Å². The molecule has 1 rings (SSSR count). The van der Waals surface area contributed by atoms with Crippen LogP contribution in [0, 0.1) is 0 Å². The molecule has 0 aromatic rings. The quantitative estimate of drug-likeness (QED) is 0.230. The molecule has 1 aliphatic heterocycles. The van der Waals surface area contributed by atoms with Crippen molar-refractivity contribution in [2.24, 2.45) is 0 Å². The molecule has 12 heavy (non-hydrogen) atoms. The zero-order chi connectivity index (χ0) is 9.57. The SMILES string of the molecule is O[C@H]1OC[C@](O)(S)[C@@H](O)[C@]1(O)F. The van der Waals surface area contributed by atoms with Gasteiger partial charge in [-0.1, -0.05) is 0 Å². The van der Waals surface area contributed by atoms with Crippen LogP contribution in [0.2, 0.25) is 0 Å². The first-order chi connectivity index (χ1) is 5.28. The molecular formula is C5H9FO5S. The zero-order valence-electron chi connectivity index (χ0n) is 5.88. The Morgan fingerprint density at radius 2 is 1.92 bits per heavy atom. The van der Waals surface area contributed by atoms with Crippen LogP contribution in [0.15, 0.2) is 0 Å². The summed E-state index contributed by atoms with van der Waals surface area (Å²) >= 11 is 3.44. The molecule has 0 bridgehead atoms. The van der Waals surface area contributed by atoms with E-state index in [4.69, 9.17) is 20.4 Å². The lowest BCUT2D eigenvalue weighted by Gasteiger charge is -2.41. The number of aliphatic hydroxyl groups is 4. The first-order valence-electron chi connectivity index (χ1n) is 3.12. The summed E-state index contributed by atoms with van der Waals surface area (Å²) in [7, 11) is 0. The highest BCUT2D eigenvalue weighted by atomic mass is 32.1. The van der Waals surface area contributed by atoms with Gasteiger partial charge in [0.1, 0.15) is 0 Å². The minimum atomic E-state index is -3.41. The van der Waals surface area contributed by atoms with Gasteiger partial charge in [-0.05, 0) is 0 Å². The number of halogens is 1. The molecule has 0 aliphatic carbocycles. The second kappa shape index (κ2) is 2.79. The smallest absolute Gasteiger partial charge is 0.287 e. The molecule has 1 saturated heterocycles. The van der Waals surface area contributed by atoms with Gasteiger partial charge in [0.2, 0.25) is 6.29 Å². The maximum absolute atomic E-state index is 12.9. The van der Waals surface area contributed by atoms with Crippen LogP contribution in [0.4, 0.5) is 4.39 Å². The maximum atomic E-state index is 12.9. The zero-order valence-corrected chi connectivity index (χ0v) is 6.78. The molecule has 0 aromatic carbocycles. The number of ether oxygens (including phenoxy) is 1. The van der Waals surface area contributed by atoms with Crippen LogP contribution in [-0.4, -0.2) is 50.2 Å². The van der Waals surface area contributed by atoms with E-state index in [-0.39, 0.29) is 0 Å². The number of thiol groups is 1. The van der Waals surface area contributed by atoms with Crippen molar-refractivity contribution in [3.63, 3.8) is 0 Å². The Kier molecular flexibility index (Phi) is 2.36. The third-order valence-electron chi connectivity index (χ3n) is 1.62. The van der Waals surface area contributed by atoms with E-state index in [0.29, 0.717) is 0 Å². The highest BCUT2D eigenvalue weighted by molar-refractivity contribution is 7.81. The molecule has 0 saturated carbocycles. The van der Waals surface area contributed by atoms with Crippen molar-refractivity contribution in [1.29, 1.82) is 0 Å². The topological polar surface area (TPSA) is 90.2 Å². The van der Waals surface area contributed by atoms with E-state index >= 15 is 0 Å². The Hall–Kier alpha value is 0.0800. The fourth-order valence-corrected chi connectivity index (χ4v) is 1.11. The summed E-state index contributed by atoms with van der Waals surface area (Å²) in [4.78, 5) is -2.21. The summed E-state index contributed by atoms with van der Waals surface area (Å²) in [6.45, 7) is -0.579. The Morgan fingerprint density at radius 3 is 2.33 bits per heavy atom. The van der Waals surface area contributed by atoms with Crippen LogP contribution in [0.1, 0.15) is 0 Å². The van der Waals surface area contributed by atoms with E-state index in [1.54, 1.807) is 0 Å². The summed E-state index contributed by atoms with van der Waals surface area (Å²) in [5.41, 5.74) is 0. The molecule has 4 N–H and O–H groups in total. The van der Waals surface area contributed by atoms with Crippen molar-refractivity contribution in [3.05, 3.63) is 0 Å². The van der Waals surface area contributed by atoms with Crippen molar-refractivity contribution in [3.8, 4) is 0 Å². The molecule has 1 fully saturated rings. The van der Waals surface area contributed by atoms with Gasteiger partial charge in [-0.2, -0.15) is 0 Å². The molecule has 1 heterocycles. The normalized spacial score (nSPS) is 55.5. The van der Waals surface area contributed by atoms with Crippen molar-refractivity contribution in [1.82, 2.24) is 0 Å². The van der Waals surface area contributed by atoms with Gasteiger partial charge < -0.3 is 25.2 Å². The molecule has 7 heteroatoms. The molecular weight excluding hydrogens is 191 g/mol. The number of hydrogen-bond acceptors (Lipinski definition) is 6. The lowest BCUT2D eigenvalue weighted by Crippen LogP contribution is -2.64. The van der Waals surface area contributed by atoms with E-state index in [1.165, 1.54) is 0 Å². The number of hydrogen-bond donors (Lipinski definition) is 5. The third-order valence-corrected chi connectivity index (χ3v) is 2.00. The van der Waals surface area contributed by atoms with Gasteiger partial charge in [-0.15, -0.1) is 12.6 Å². The molecule has 0 unspecified atom stereocenters. The van der Waals surface area contributed by atoms with E-state index in [0.717, 1.165) is 0 Å². The molecule has 0 aromatic heterocycles. The van der Waals surface area contributed by atoms with Crippen molar-refractivity contribution < 1.29 is 29.6 Å². The van der Waals surface area contributed by atoms with Crippen molar-refractivity contribution >= 4 is 12.6 Å². The van der Waals surface area contributed by atoms with E-state index in [2.05, 4.69) is 17.4 Å². The van der Waals surface area contributed by atoms with E-state index in [9.17, 15) is 4.39 Å². The van der Waals surface area contributed by atoms with Crippen LogP contribution < -0.4 is 0 Å². The Morgan fingerprint density at radius 1 is 1.42 bits per heavy atom. The van der Waals surface area contributed by atoms with Crippen molar-refractivity contribution in [2.45, 2.75) is 23.2 Å². The first-order valence-corrected chi connectivity index (χ1v) is 3.57. The molecule has 4 atom stereocenters. The van der Waals surface area contributed by atoms with Crippen LogP contribution in [0.5, 0.6) is 0 Å². The lowest BCUT2D eigenvalue weighted by atomic mass is 10.0. The fourth-order valence-electron chi connectivity index (χ4n) is 0.857. The number of rotatable bonds is 0. The minimum absolute atomic E-state index is 0.579. The summed E-state index contributed by atoms with van der Waals surface area (Å²) in [5, 5.41) is 35.5. The fraction of sp³-hybridized carbons (Fsp3) is 1.00. The maximum Gasteiger partial charge on any atom is 0.287 e. The summed E-state index contributed by atoms with van der Waals surface area (Å²) in [5.74, 6) is -3.41. The van der Waals surface area contributed by atoms with Crippen LogP contribution >= 0.6 is 12.6 Å². The monoisotopic (exact) mass is 200 g/mol. The van der Waals surface area contributed by atoms with E-state index < -0.39 is 29.8 Å². The average Bonchev–Trinajstić information content (AvgIpc) is 1.96. The van der Waals surface area contributed by atoms with Gasteiger partial charge in [-0.25, -0.2) is 4.39 Å². The average molecular weight is 200 g/mol. The number of aliphatic hydroxyl groups excluding tert-OH is 2. The minimum Gasteiger partial charge on any atom is -0.383 e. The predicted octanol–water partition coefficient (Wildman–Crippen LogP) is -2.03. The second-order valence-corrected chi connectivity index (χ2v) is 3.45. The number of alkyl halides is 1. The molecule has 0 spiro atoms. The van der Waals surface area contributed by atoms with Crippen molar-refractivity contribution in [2.75, 3.05) is 6.61 Å². The first kappa shape index (κ1) is 10.2. The van der Waals surface area contributed by atoms with Gasteiger partial charge in [-0.3, -0.25) is 0 Å². The summed E-state index contributed by atoms with van der Waals surface area (Å²) in [6, 6.07) is 0. The summed E-state index contributed by atoms with van der Waals surface area (Å²) < 4.78 is 17.1. The third kappa shape index (κ3) is 1.43. The standard InChI is InChI=1S/C5H9FO5S/c6-5(10)2(7)4(9,12)1-11-3(5)8/h2-3,7-10,12H,1H2/t2-,3+,4+,5-/m1/s1. The van der Waals surface area contributed by atoms with Gasteiger partial charge in [0.25, 0.3) is 5.85 Å². The lowest BCUT2D eigenvalue weighted by molar-refractivity contribution is -0.355. The Labute approximate surface area is 72.8 Å². The van der Waals surface area contributed by atoms with E-state index in [1.807, 2.05) is 0 Å². The van der Waals surface area contributed by atoms with Crippen LogP contribution in [0.25, 0.3) is 0 Å². The molecule has 0 amide bonds. The molecule has 5 nitrogen and oxygen atoms in total.